The van der Waals surface area contributed by atoms with Crippen LogP contribution in [-0.2, 0) is 6.42 Å². The molecule has 0 saturated heterocycles. The third-order valence-electron chi connectivity index (χ3n) is 4.10. The Bertz CT molecular complexity index is 502. The molecule has 1 aliphatic carbocycles. The summed E-state index contributed by atoms with van der Waals surface area (Å²) < 4.78 is 5.96. The maximum Gasteiger partial charge on any atom is 0.122 e. The molecule has 3 heteroatoms. The summed E-state index contributed by atoms with van der Waals surface area (Å²) in [6.45, 7) is 4.50. The molecule has 0 bridgehead atoms. The van der Waals surface area contributed by atoms with Crippen LogP contribution in [0.5, 0.6) is 5.75 Å². The van der Waals surface area contributed by atoms with E-state index >= 15 is 0 Å². The molecule has 2 rings (SSSR count). The van der Waals surface area contributed by atoms with Crippen LogP contribution in [0.25, 0.3) is 0 Å². The molecule has 1 atom stereocenters. The van der Waals surface area contributed by atoms with Crippen molar-refractivity contribution in [3.8, 4) is 11.8 Å². The van der Waals surface area contributed by atoms with Gasteiger partial charge in [-0.2, -0.15) is 5.26 Å². The van der Waals surface area contributed by atoms with Crippen LogP contribution in [-0.4, -0.2) is 13.7 Å². The number of ether oxygens (including phenoxy) is 1. The fraction of sp³-hybridized carbons (Fsp3) is 0.588. The lowest BCUT2D eigenvalue weighted by atomic mass is 9.87. The van der Waals surface area contributed by atoms with E-state index in [0.29, 0.717) is 12.6 Å². The predicted octanol–water partition coefficient (Wildman–Crippen LogP) is 3.60. The van der Waals surface area contributed by atoms with Gasteiger partial charge in [0.25, 0.3) is 0 Å². The van der Waals surface area contributed by atoms with Crippen molar-refractivity contribution in [1.29, 1.82) is 5.26 Å². The third-order valence-corrected chi connectivity index (χ3v) is 4.10. The molecule has 20 heavy (non-hydrogen) atoms. The lowest BCUT2D eigenvalue weighted by molar-refractivity contribution is 0.260. The normalized spacial score (nSPS) is 18.2. The first-order valence-electron chi connectivity index (χ1n) is 7.40. The highest BCUT2D eigenvalue weighted by atomic mass is 16.5. The van der Waals surface area contributed by atoms with Crippen molar-refractivity contribution in [1.82, 2.24) is 5.32 Å². The monoisotopic (exact) mass is 272 g/mol. The van der Waals surface area contributed by atoms with Crippen LogP contribution in [0, 0.1) is 16.7 Å². The predicted molar refractivity (Wildman–Crippen MR) is 80.7 cm³/mol. The van der Waals surface area contributed by atoms with Crippen molar-refractivity contribution in [2.24, 2.45) is 5.41 Å². The van der Waals surface area contributed by atoms with Crippen LogP contribution >= 0.6 is 0 Å². The second-order valence-electron chi connectivity index (χ2n) is 6.15. The summed E-state index contributed by atoms with van der Waals surface area (Å²) in [4.78, 5) is 0. The second kappa shape index (κ2) is 6.28. The van der Waals surface area contributed by atoms with Gasteiger partial charge in [0.05, 0.1) is 18.1 Å². The molecule has 0 aliphatic heterocycles. The summed E-state index contributed by atoms with van der Waals surface area (Å²) in [5.41, 5.74) is 2.39. The van der Waals surface area contributed by atoms with E-state index in [9.17, 15) is 0 Å². The topological polar surface area (TPSA) is 45.0 Å². The third kappa shape index (κ3) is 3.32. The molecule has 0 fully saturated rings. The van der Waals surface area contributed by atoms with Crippen LogP contribution in [0.1, 0.15) is 50.3 Å². The molecule has 0 amide bonds. The smallest absolute Gasteiger partial charge is 0.122 e. The Morgan fingerprint density at radius 3 is 2.95 bits per heavy atom. The molecule has 1 aromatic carbocycles. The first-order valence-corrected chi connectivity index (χ1v) is 7.40. The van der Waals surface area contributed by atoms with Crippen molar-refractivity contribution in [3.05, 3.63) is 29.3 Å². The van der Waals surface area contributed by atoms with E-state index in [4.69, 9.17) is 10.00 Å². The van der Waals surface area contributed by atoms with E-state index in [0.717, 1.165) is 18.6 Å². The van der Waals surface area contributed by atoms with E-state index in [1.165, 1.54) is 24.0 Å². The minimum Gasteiger partial charge on any atom is -0.493 e. The van der Waals surface area contributed by atoms with Gasteiger partial charge >= 0.3 is 0 Å². The molecule has 0 saturated carbocycles. The summed E-state index contributed by atoms with van der Waals surface area (Å²) in [5.74, 6) is 0.996. The first kappa shape index (κ1) is 14.9. The molecule has 1 aromatic rings. The lowest BCUT2D eigenvalue weighted by Gasteiger charge is -2.27. The number of nitrogens with zero attached hydrogens (tertiary/aromatic N) is 1. The number of fused-ring (bicyclic) bond motifs is 1. The van der Waals surface area contributed by atoms with Crippen LogP contribution in [0.15, 0.2) is 18.2 Å². The van der Waals surface area contributed by atoms with Crippen molar-refractivity contribution in [3.63, 3.8) is 0 Å². The highest BCUT2D eigenvalue weighted by Crippen LogP contribution is 2.35. The van der Waals surface area contributed by atoms with Gasteiger partial charge in [-0.3, -0.25) is 0 Å². The Morgan fingerprint density at radius 1 is 1.45 bits per heavy atom. The fourth-order valence-electron chi connectivity index (χ4n) is 2.72. The summed E-state index contributed by atoms with van der Waals surface area (Å²) in [7, 11) is 2.02. The summed E-state index contributed by atoms with van der Waals surface area (Å²) in [6, 6.07) is 9.08. The zero-order chi connectivity index (χ0) is 14.6. The van der Waals surface area contributed by atoms with Gasteiger partial charge in [-0.25, -0.2) is 0 Å². The van der Waals surface area contributed by atoms with E-state index in [-0.39, 0.29) is 5.41 Å². The van der Waals surface area contributed by atoms with Gasteiger partial charge in [-0.15, -0.1) is 0 Å². The maximum atomic E-state index is 9.04. The van der Waals surface area contributed by atoms with Crippen LogP contribution in [0.2, 0.25) is 0 Å². The Morgan fingerprint density at radius 2 is 2.25 bits per heavy atom. The van der Waals surface area contributed by atoms with Crippen molar-refractivity contribution in [2.45, 2.75) is 45.6 Å². The van der Waals surface area contributed by atoms with E-state index < -0.39 is 0 Å². The van der Waals surface area contributed by atoms with E-state index in [1.54, 1.807) is 0 Å². The zero-order valence-electron chi connectivity index (χ0n) is 12.7. The highest BCUT2D eigenvalue weighted by Gasteiger charge is 2.22. The summed E-state index contributed by atoms with van der Waals surface area (Å²) >= 11 is 0. The van der Waals surface area contributed by atoms with Gasteiger partial charge in [0.1, 0.15) is 5.75 Å². The van der Waals surface area contributed by atoms with Crippen molar-refractivity contribution >= 4 is 0 Å². The molecule has 3 nitrogen and oxygen atoms in total. The molecule has 0 radical (unpaired) electrons. The SMILES string of the molecule is CNC1CCCc2c(OCCC(C)(C)C#N)cccc21. The number of nitriles is 1. The average Bonchev–Trinajstić information content (AvgIpc) is 2.46. The molecular weight excluding hydrogens is 248 g/mol. The lowest BCUT2D eigenvalue weighted by Crippen LogP contribution is -2.22. The Kier molecular flexibility index (Phi) is 4.67. The quantitative estimate of drug-likeness (QED) is 0.890. The van der Waals surface area contributed by atoms with Gasteiger partial charge in [0.15, 0.2) is 0 Å². The number of nitrogens with one attached hydrogen (secondary N) is 1. The highest BCUT2D eigenvalue weighted by molar-refractivity contribution is 5.43. The van der Waals surface area contributed by atoms with Gasteiger partial charge in [0.2, 0.25) is 0 Å². The minimum atomic E-state index is -0.317. The van der Waals surface area contributed by atoms with Crippen LogP contribution in [0.4, 0.5) is 0 Å². The van der Waals surface area contributed by atoms with Crippen LogP contribution in [0.3, 0.4) is 0 Å². The minimum absolute atomic E-state index is 0.317. The Balaban J connectivity index is 2.08. The number of rotatable bonds is 5. The summed E-state index contributed by atoms with van der Waals surface area (Å²) in [6.07, 6.45) is 4.23. The van der Waals surface area contributed by atoms with Gasteiger partial charge in [-0.1, -0.05) is 12.1 Å². The average molecular weight is 272 g/mol. The molecule has 1 aliphatic rings. The van der Waals surface area contributed by atoms with Crippen LogP contribution < -0.4 is 10.1 Å². The second-order valence-corrected chi connectivity index (χ2v) is 6.15. The molecule has 1 N–H and O–H groups in total. The summed E-state index contributed by atoms with van der Waals surface area (Å²) in [5, 5.41) is 12.4. The molecule has 0 heterocycles. The molecule has 0 aromatic heterocycles. The first-order chi connectivity index (χ1) is 9.57. The Hall–Kier alpha value is -1.53. The van der Waals surface area contributed by atoms with E-state index in [2.05, 4.69) is 29.6 Å². The largest absolute Gasteiger partial charge is 0.493 e. The van der Waals surface area contributed by atoms with E-state index in [1.807, 2.05) is 20.9 Å². The molecule has 1 unspecified atom stereocenters. The number of hydrogen-bond acceptors (Lipinski definition) is 3. The van der Waals surface area contributed by atoms with Crippen molar-refractivity contribution in [2.75, 3.05) is 13.7 Å². The molecular formula is C17H24N2O. The Labute approximate surface area is 121 Å². The number of benzene rings is 1. The zero-order valence-corrected chi connectivity index (χ0v) is 12.7. The molecule has 0 spiro atoms. The maximum absolute atomic E-state index is 9.04. The van der Waals surface area contributed by atoms with Gasteiger partial charge < -0.3 is 10.1 Å². The standard InChI is InChI=1S/C17H24N2O/c1-17(2,12-18)10-11-20-16-9-5-6-13-14(16)7-4-8-15(13)19-3/h5-6,9,15,19H,4,7-8,10-11H2,1-3H3. The van der Waals surface area contributed by atoms with Gasteiger partial charge in [0, 0.05) is 6.04 Å². The number of hydrogen-bond donors (Lipinski definition) is 1. The fourth-order valence-corrected chi connectivity index (χ4v) is 2.72. The molecule has 108 valence electrons. The van der Waals surface area contributed by atoms with Gasteiger partial charge in [-0.05, 0) is 63.8 Å². The van der Waals surface area contributed by atoms with Crippen molar-refractivity contribution < 1.29 is 4.74 Å².